The Morgan fingerprint density at radius 2 is 1.74 bits per heavy atom. The zero-order valence-corrected chi connectivity index (χ0v) is 15.6. The van der Waals surface area contributed by atoms with E-state index in [2.05, 4.69) is 4.72 Å². The molecule has 27 heavy (non-hydrogen) atoms. The number of hydrogen-bond acceptors (Lipinski definition) is 5. The van der Waals surface area contributed by atoms with E-state index >= 15 is 0 Å². The number of esters is 1. The molecular formula is C18H19FN2O5S. The molecule has 0 atom stereocenters. The lowest BCUT2D eigenvalue weighted by Crippen LogP contribution is -2.34. The van der Waals surface area contributed by atoms with Crippen molar-refractivity contribution in [1.29, 1.82) is 0 Å². The van der Waals surface area contributed by atoms with E-state index in [0.29, 0.717) is 12.2 Å². The molecule has 1 amide bonds. The number of likely N-dealkylation sites (N-methyl/N-ethyl adjacent to an activating group) is 1. The molecule has 0 aliphatic carbocycles. The third-order valence-corrected chi connectivity index (χ3v) is 4.12. The predicted molar refractivity (Wildman–Crippen MR) is 99.6 cm³/mol. The highest BCUT2D eigenvalue weighted by Gasteiger charge is 2.19. The van der Waals surface area contributed by atoms with Gasteiger partial charge in [-0.15, -0.1) is 0 Å². The van der Waals surface area contributed by atoms with Gasteiger partial charge < -0.3 is 9.64 Å². The van der Waals surface area contributed by atoms with Gasteiger partial charge in [0.2, 0.25) is 10.0 Å². The molecule has 0 spiro atoms. The molecule has 2 aromatic rings. The van der Waals surface area contributed by atoms with Gasteiger partial charge in [-0.1, -0.05) is 12.1 Å². The number of amides is 1. The van der Waals surface area contributed by atoms with Crippen LogP contribution in [-0.4, -0.2) is 39.7 Å². The standard InChI is InChI=1S/C18H19FN2O5S/c1-3-21(14-10-8-13(19)9-11-14)17(22)12-26-18(23)15-6-4-5-7-16(15)20-27(2,24)25/h4-11,20H,3,12H2,1-2H3. The molecule has 0 aliphatic rings. The van der Waals surface area contributed by atoms with Gasteiger partial charge in [0.05, 0.1) is 17.5 Å². The maximum absolute atomic E-state index is 13.0. The summed E-state index contributed by atoms with van der Waals surface area (Å²) in [5.41, 5.74) is 0.517. The monoisotopic (exact) mass is 394 g/mol. The summed E-state index contributed by atoms with van der Waals surface area (Å²) in [6.07, 6.45) is 0.959. The highest BCUT2D eigenvalue weighted by Crippen LogP contribution is 2.18. The second kappa shape index (κ2) is 8.63. The molecule has 0 saturated carbocycles. The van der Waals surface area contributed by atoms with Crippen LogP contribution in [0.1, 0.15) is 17.3 Å². The van der Waals surface area contributed by atoms with Gasteiger partial charge >= 0.3 is 5.97 Å². The molecule has 0 bridgehead atoms. The van der Waals surface area contributed by atoms with Crippen LogP contribution in [0.25, 0.3) is 0 Å². The van der Waals surface area contributed by atoms with Crippen molar-refractivity contribution < 1.29 is 27.1 Å². The van der Waals surface area contributed by atoms with Crippen LogP contribution in [0.5, 0.6) is 0 Å². The molecule has 0 radical (unpaired) electrons. The van der Waals surface area contributed by atoms with Gasteiger partial charge in [-0.25, -0.2) is 17.6 Å². The number of para-hydroxylation sites is 1. The Hall–Kier alpha value is -2.94. The van der Waals surface area contributed by atoms with E-state index in [1.54, 1.807) is 19.1 Å². The average Bonchev–Trinajstić information content (AvgIpc) is 2.61. The molecule has 7 nitrogen and oxygen atoms in total. The van der Waals surface area contributed by atoms with Crippen LogP contribution in [0, 0.1) is 5.82 Å². The summed E-state index contributed by atoms with van der Waals surface area (Å²) in [7, 11) is -3.59. The summed E-state index contributed by atoms with van der Waals surface area (Å²) >= 11 is 0. The van der Waals surface area contributed by atoms with Crippen LogP contribution in [0.3, 0.4) is 0 Å². The van der Waals surface area contributed by atoms with Crippen LogP contribution in [0.4, 0.5) is 15.8 Å². The number of rotatable bonds is 7. The zero-order chi connectivity index (χ0) is 20.0. The van der Waals surface area contributed by atoms with Crippen LogP contribution < -0.4 is 9.62 Å². The topological polar surface area (TPSA) is 92.8 Å². The number of carbonyl (C=O) groups excluding carboxylic acids is 2. The number of nitrogens with zero attached hydrogens (tertiary/aromatic N) is 1. The summed E-state index contributed by atoms with van der Waals surface area (Å²) in [5.74, 6) is -1.76. The lowest BCUT2D eigenvalue weighted by molar-refractivity contribution is -0.121. The first-order valence-corrected chi connectivity index (χ1v) is 9.90. The highest BCUT2D eigenvalue weighted by molar-refractivity contribution is 7.92. The van der Waals surface area contributed by atoms with Crippen LogP contribution in [-0.2, 0) is 19.6 Å². The summed E-state index contributed by atoms with van der Waals surface area (Å²) in [6, 6.07) is 11.3. The quantitative estimate of drug-likeness (QED) is 0.728. The maximum atomic E-state index is 13.0. The van der Waals surface area contributed by atoms with Gasteiger partial charge in [0.1, 0.15) is 5.82 Å². The van der Waals surface area contributed by atoms with Crippen molar-refractivity contribution in [3.8, 4) is 0 Å². The Balaban J connectivity index is 2.08. The number of carbonyl (C=O) groups is 2. The predicted octanol–water partition coefficient (Wildman–Crippen LogP) is 2.41. The van der Waals surface area contributed by atoms with Crippen molar-refractivity contribution >= 4 is 33.3 Å². The van der Waals surface area contributed by atoms with Crippen molar-refractivity contribution in [2.75, 3.05) is 29.0 Å². The van der Waals surface area contributed by atoms with Crippen molar-refractivity contribution in [3.63, 3.8) is 0 Å². The summed E-state index contributed by atoms with van der Waals surface area (Å²) in [5, 5.41) is 0. The molecule has 0 aliphatic heterocycles. The van der Waals surface area contributed by atoms with E-state index in [0.717, 1.165) is 6.26 Å². The molecule has 0 fully saturated rings. The number of hydrogen-bond donors (Lipinski definition) is 1. The van der Waals surface area contributed by atoms with E-state index in [9.17, 15) is 22.4 Å². The minimum Gasteiger partial charge on any atom is -0.452 e. The van der Waals surface area contributed by atoms with Crippen molar-refractivity contribution in [2.45, 2.75) is 6.92 Å². The molecule has 144 valence electrons. The first-order valence-electron chi connectivity index (χ1n) is 8.01. The van der Waals surface area contributed by atoms with E-state index < -0.39 is 34.3 Å². The van der Waals surface area contributed by atoms with E-state index in [-0.39, 0.29) is 11.3 Å². The third-order valence-electron chi connectivity index (χ3n) is 3.52. The maximum Gasteiger partial charge on any atom is 0.340 e. The van der Waals surface area contributed by atoms with Gasteiger partial charge in [0.25, 0.3) is 5.91 Å². The minimum atomic E-state index is -3.59. The Morgan fingerprint density at radius 3 is 2.33 bits per heavy atom. The molecule has 2 rings (SSSR count). The van der Waals surface area contributed by atoms with Crippen molar-refractivity contribution in [2.24, 2.45) is 0 Å². The number of anilines is 2. The first kappa shape index (κ1) is 20.4. The second-order valence-electron chi connectivity index (χ2n) is 5.61. The second-order valence-corrected chi connectivity index (χ2v) is 7.36. The molecular weight excluding hydrogens is 375 g/mol. The first-order chi connectivity index (χ1) is 12.7. The smallest absolute Gasteiger partial charge is 0.340 e. The molecule has 1 N–H and O–H groups in total. The molecule has 0 unspecified atom stereocenters. The Morgan fingerprint density at radius 1 is 1.11 bits per heavy atom. The van der Waals surface area contributed by atoms with Crippen LogP contribution >= 0.6 is 0 Å². The fourth-order valence-electron chi connectivity index (χ4n) is 2.36. The van der Waals surface area contributed by atoms with Gasteiger partial charge in [0.15, 0.2) is 6.61 Å². The lowest BCUT2D eigenvalue weighted by atomic mass is 10.2. The van der Waals surface area contributed by atoms with E-state index in [4.69, 9.17) is 4.74 Å². The van der Waals surface area contributed by atoms with Gasteiger partial charge in [0, 0.05) is 12.2 Å². The van der Waals surface area contributed by atoms with Crippen LogP contribution in [0.2, 0.25) is 0 Å². The zero-order valence-electron chi connectivity index (χ0n) is 14.8. The molecule has 0 saturated heterocycles. The lowest BCUT2D eigenvalue weighted by Gasteiger charge is -2.21. The Bertz CT molecular complexity index is 929. The highest BCUT2D eigenvalue weighted by atomic mass is 32.2. The average molecular weight is 394 g/mol. The van der Waals surface area contributed by atoms with Gasteiger partial charge in [-0.3, -0.25) is 9.52 Å². The SMILES string of the molecule is CCN(C(=O)COC(=O)c1ccccc1NS(C)(=O)=O)c1ccc(F)cc1. The molecule has 2 aromatic carbocycles. The van der Waals surface area contributed by atoms with E-state index in [1.807, 2.05) is 0 Å². The van der Waals surface area contributed by atoms with E-state index in [1.165, 1.54) is 41.3 Å². The molecule has 9 heteroatoms. The Kier molecular flexibility index (Phi) is 6.51. The number of sulfonamides is 1. The normalized spacial score (nSPS) is 10.9. The fraction of sp³-hybridized carbons (Fsp3) is 0.222. The minimum absolute atomic E-state index is 0.0134. The van der Waals surface area contributed by atoms with Gasteiger partial charge in [-0.05, 0) is 43.3 Å². The number of benzene rings is 2. The van der Waals surface area contributed by atoms with Crippen molar-refractivity contribution in [3.05, 3.63) is 59.9 Å². The fourth-order valence-corrected chi connectivity index (χ4v) is 2.93. The van der Waals surface area contributed by atoms with Gasteiger partial charge in [-0.2, -0.15) is 0 Å². The van der Waals surface area contributed by atoms with Crippen LogP contribution in [0.15, 0.2) is 48.5 Å². The molecule has 0 aromatic heterocycles. The number of ether oxygens (including phenoxy) is 1. The summed E-state index contributed by atoms with van der Waals surface area (Å²) < 4.78 is 43.1. The Labute approximate surface area is 156 Å². The third kappa shape index (κ3) is 5.78. The summed E-state index contributed by atoms with van der Waals surface area (Å²) in [6.45, 7) is 1.49. The molecule has 0 heterocycles. The van der Waals surface area contributed by atoms with Crippen molar-refractivity contribution in [1.82, 2.24) is 0 Å². The number of halogens is 1. The largest absolute Gasteiger partial charge is 0.452 e. The number of nitrogens with one attached hydrogen (secondary N) is 1. The summed E-state index contributed by atoms with van der Waals surface area (Å²) in [4.78, 5) is 26.0.